The van der Waals surface area contributed by atoms with Crippen molar-refractivity contribution in [2.45, 2.75) is 30.0 Å². The third-order valence-electron chi connectivity index (χ3n) is 4.96. The first-order valence-electron chi connectivity index (χ1n) is 8.84. The predicted molar refractivity (Wildman–Crippen MR) is 106 cm³/mol. The number of aliphatic carboxylic acids is 1. The van der Waals surface area contributed by atoms with E-state index in [9.17, 15) is 19.1 Å². The van der Waals surface area contributed by atoms with Crippen molar-refractivity contribution < 1.29 is 23.8 Å². The van der Waals surface area contributed by atoms with Crippen molar-refractivity contribution in [1.29, 1.82) is 0 Å². The van der Waals surface area contributed by atoms with Crippen molar-refractivity contribution in [2.75, 3.05) is 17.7 Å². The predicted octanol–water partition coefficient (Wildman–Crippen LogP) is 3.86. The Labute approximate surface area is 165 Å². The van der Waals surface area contributed by atoms with Crippen LogP contribution >= 0.6 is 11.8 Å². The van der Waals surface area contributed by atoms with E-state index in [4.69, 9.17) is 4.74 Å². The first-order chi connectivity index (χ1) is 13.4. The minimum atomic E-state index is -1.03. The van der Waals surface area contributed by atoms with Crippen molar-refractivity contribution in [3.8, 4) is 5.75 Å². The Balaban J connectivity index is 1.61. The van der Waals surface area contributed by atoms with E-state index in [1.807, 2.05) is 12.1 Å². The van der Waals surface area contributed by atoms with Gasteiger partial charge in [-0.2, -0.15) is 0 Å². The van der Waals surface area contributed by atoms with Gasteiger partial charge in [0.2, 0.25) is 0 Å². The van der Waals surface area contributed by atoms with Crippen LogP contribution in [0.15, 0.2) is 30.3 Å². The van der Waals surface area contributed by atoms with Crippen LogP contribution in [0.3, 0.4) is 0 Å². The van der Waals surface area contributed by atoms with Crippen molar-refractivity contribution >= 4 is 34.9 Å². The number of ketones is 1. The van der Waals surface area contributed by atoms with Crippen LogP contribution in [0.5, 0.6) is 5.75 Å². The van der Waals surface area contributed by atoms with Crippen molar-refractivity contribution in [1.82, 2.24) is 0 Å². The zero-order valence-electron chi connectivity index (χ0n) is 15.2. The number of hydrogen-bond donors (Lipinski definition) is 3. The van der Waals surface area contributed by atoms with Gasteiger partial charge in [0, 0.05) is 23.3 Å². The highest BCUT2D eigenvalue weighted by Gasteiger charge is 2.39. The Kier molecular flexibility index (Phi) is 4.66. The maximum atomic E-state index is 13.6. The summed E-state index contributed by atoms with van der Waals surface area (Å²) < 4.78 is 19.0. The molecule has 1 heterocycles. The number of thioether (sulfide) groups is 1. The smallest absolute Gasteiger partial charge is 0.308 e. The second kappa shape index (κ2) is 7.01. The number of benzene rings is 2. The molecule has 0 saturated carbocycles. The number of carbonyl (C=O) groups is 2. The van der Waals surface area contributed by atoms with E-state index >= 15 is 0 Å². The molecule has 3 N–H and O–H groups in total. The van der Waals surface area contributed by atoms with Crippen LogP contribution in [-0.4, -0.2) is 29.0 Å². The molecule has 2 aromatic rings. The number of aryl methyl sites for hydroxylation is 1. The number of fused-ring (bicyclic) bond motifs is 2. The maximum absolute atomic E-state index is 13.6. The largest absolute Gasteiger partial charge is 0.496 e. The number of Topliss-reactive ketones (excluding diaryl/α,β-unsaturated/α-hetero) is 1. The molecule has 28 heavy (non-hydrogen) atoms. The highest BCUT2D eigenvalue weighted by atomic mass is 32.2. The van der Waals surface area contributed by atoms with Gasteiger partial charge >= 0.3 is 5.97 Å². The van der Waals surface area contributed by atoms with Crippen LogP contribution in [0.1, 0.15) is 34.3 Å². The van der Waals surface area contributed by atoms with Gasteiger partial charge in [-0.25, -0.2) is 4.39 Å². The number of carboxylic acids is 1. The summed E-state index contributed by atoms with van der Waals surface area (Å²) >= 11 is 1.33. The molecule has 1 aliphatic carbocycles. The lowest BCUT2D eigenvalue weighted by atomic mass is 10.1. The molecular formula is C20H19FN2O4S. The number of carboxylic acid groups (broad SMARTS) is 1. The minimum absolute atomic E-state index is 0.115. The summed E-state index contributed by atoms with van der Waals surface area (Å²) in [5.41, 5.74) is 3.67. The fourth-order valence-corrected chi connectivity index (χ4v) is 4.86. The van der Waals surface area contributed by atoms with Gasteiger partial charge in [0.25, 0.3) is 0 Å². The van der Waals surface area contributed by atoms with Crippen LogP contribution < -0.4 is 15.4 Å². The van der Waals surface area contributed by atoms with E-state index in [0.29, 0.717) is 41.3 Å². The lowest BCUT2D eigenvalue weighted by molar-refractivity contribution is -0.137. The second-order valence-corrected chi connectivity index (χ2v) is 8.14. The molecule has 0 aromatic heterocycles. The fourth-order valence-electron chi connectivity index (χ4n) is 3.64. The summed E-state index contributed by atoms with van der Waals surface area (Å²) in [6.45, 7) is 0. The molecule has 1 aliphatic heterocycles. The number of rotatable bonds is 6. The zero-order chi connectivity index (χ0) is 19.9. The molecule has 0 amide bonds. The van der Waals surface area contributed by atoms with E-state index < -0.39 is 16.8 Å². The number of anilines is 2. The van der Waals surface area contributed by atoms with Crippen LogP contribution in [0.2, 0.25) is 0 Å². The minimum Gasteiger partial charge on any atom is -0.496 e. The summed E-state index contributed by atoms with van der Waals surface area (Å²) in [5, 5.41) is 15.7. The number of ether oxygens (including phenoxy) is 1. The van der Waals surface area contributed by atoms with Crippen molar-refractivity contribution in [3.63, 3.8) is 0 Å². The molecule has 0 fully saturated rings. The average molecular weight is 402 g/mol. The number of halogens is 1. The Morgan fingerprint density at radius 3 is 2.79 bits per heavy atom. The maximum Gasteiger partial charge on any atom is 0.308 e. The topological polar surface area (TPSA) is 87.7 Å². The van der Waals surface area contributed by atoms with E-state index in [1.165, 1.54) is 23.9 Å². The molecule has 146 valence electrons. The second-order valence-electron chi connectivity index (χ2n) is 6.87. The van der Waals surface area contributed by atoms with Gasteiger partial charge in [-0.1, -0.05) is 0 Å². The van der Waals surface area contributed by atoms with Crippen LogP contribution in [-0.2, 0) is 17.0 Å². The number of nitrogens with one attached hydrogen (secondary N) is 2. The van der Waals surface area contributed by atoms with Gasteiger partial charge in [-0.3, -0.25) is 9.59 Å². The van der Waals surface area contributed by atoms with Crippen LogP contribution in [0.4, 0.5) is 15.8 Å². The summed E-state index contributed by atoms with van der Waals surface area (Å²) in [7, 11) is 1.57. The van der Waals surface area contributed by atoms with Crippen LogP contribution in [0, 0.1) is 5.82 Å². The van der Waals surface area contributed by atoms with Gasteiger partial charge < -0.3 is 20.5 Å². The summed E-state index contributed by atoms with van der Waals surface area (Å²) in [4.78, 5) is 22.5. The summed E-state index contributed by atoms with van der Waals surface area (Å²) in [6.07, 6.45) is 0.993. The normalized spacial score (nSPS) is 19.6. The molecular weight excluding hydrogens is 383 g/mol. The Hall–Kier alpha value is -2.74. The first kappa shape index (κ1) is 18.6. The highest BCUT2D eigenvalue weighted by Crippen LogP contribution is 2.44. The third-order valence-corrected chi connectivity index (χ3v) is 6.25. The SMILES string of the molecule is COc1cc2c(cc1CSC1(CC(=O)O)Nc3ccc(F)cc3N1)C(=O)CC2. The number of carbonyl (C=O) groups excluding carboxylic acids is 1. The lowest BCUT2D eigenvalue weighted by Crippen LogP contribution is -2.40. The zero-order valence-corrected chi connectivity index (χ0v) is 16.0. The average Bonchev–Trinajstić information content (AvgIpc) is 3.18. The Morgan fingerprint density at radius 2 is 2.04 bits per heavy atom. The molecule has 8 heteroatoms. The monoisotopic (exact) mass is 402 g/mol. The number of hydrogen-bond acceptors (Lipinski definition) is 6. The van der Waals surface area contributed by atoms with Gasteiger partial charge in [-0.05, 0) is 42.3 Å². The highest BCUT2D eigenvalue weighted by molar-refractivity contribution is 8.00. The molecule has 2 aromatic carbocycles. The van der Waals surface area contributed by atoms with E-state index in [1.54, 1.807) is 13.2 Å². The molecule has 1 unspecified atom stereocenters. The molecule has 6 nitrogen and oxygen atoms in total. The number of methoxy groups -OCH3 is 1. The lowest BCUT2D eigenvalue weighted by Gasteiger charge is -2.29. The molecule has 2 aliphatic rings. The quantitative estimate of drug-likeness (QED) is 0.676. The molecule has 4 rings (SSSR count). The van der Waals surface area contributed by atoms with E-state index in [0.717, 1.165) is 11.1 Å². The van der Waals surface area contributed by atoms with E-state index in [-0.39, 0.29) is 12.2 Å². The third kappa shape index (κ3) is 3.40. The standard InChI is InChI=1S/C20H19FN2O4S/c1-27-18-7-11-2-5-17(24)14(11)6-12(18)10-28-20(9-19(25)26)22-15-4-3-13(21)8-16(15)23-20/h3-4,6-8,22-23H,2,5,9-10H2,1H3,(H,25,26). The molecule has 0 radical (unpaired) electrons. The van der Waals surface area contributed by atoms with Crippen molar-refractivity contribution in [2.24, 2.45) is 0 Å². The van der Waals surface area contributed by atoms with Gasteiger partial charge in [-0.15, -0.1) is 11.8 Å². The van der Waals surface area contributed by atoms with Gasteiger partial charge in [0.15, 0.2) is 10.8 Å². The summed E-state index contributed by atoms with van der Waals surface area (Å²) in [6, 6.07) is 7.97. The fraction of sp³-hybridized carbons (Fsp3) is 0.300. The molecule has 0 bridgehead atoms. The van der Waals surface area contributed by atoms with Gasteiger partial charge in [0.05, 0.1) is 24.9 Å². The molecule has 1 atom stereocenters. The van der Waals surface area contributed by atoms with Gasteiger partial charge in [0.1, 0.15) is 11.6 Å². The van der Waals surface area contributed by atoms with E-state index in [2.05, 4.69) is 10.6 Å². The first-order valence-corrected chi connectivity index (χ1v) is 9.82. The molecule has 0 spiro atoms. The molecule has 0 saturated heterocycles. The van der Waals surface area contributed by atoms with Crippen LogP contribution in [0.25, 0.3) is 0 Å². The summed E-state index contributed by atoms with van der Waals surface area (Å²) in [5.74, 6) is -0.190. The van der Waals surface area contributed by atoms with Crippen molar-refractivity contribution in [3.05, 3.63) is 52.8 Å². The Morgan fingerprint density at radius 1 is 1.25 bits per heavy atom. The Bertz CT molecular complexity index is 981.